The molecule has 1 amide bonds. The summed E-state index contributed by atoms with van der Waals surface area (Å²) in [5, 5.41) is 2.26. The maximum atomic E-state index is 13.3. The summed E-state index contributed by atoms with van der Waals surface area (Å²) in [6.07, 6.45) is 0.228. The summed E-state index contributed by atoms with van der Waals surface area (Å²) in [7, 11) is 0. The summed E-state index contributed by atoms with van der Waals surface area (Å²) in [6.45, 7) is 9.93. The van der Waals surface area contributed by atoms with Crippen LogP contribution in [0, 0.1) is 11.6 Å². The molecule has 1 rings (SSSR count). The van der Waals surface area contributed by atoms with E-state index in [0.29, 0.717) is 6.07 Å². The molecule has 0 spiro atoms. The van der Waals surface area contributed by atoms with Crippen molar-refractivity contribution < 1.29 is 27.8 Å². The zero-order chi connectivity index (χ0) is 19.4. The molecule has 1 aromatic rings. The normalized spacial score (nSPS) is 12.6. The first kappa shape index (κ1) is 20.6. The quantitative estimate of drug-likeness (QED) is 0.653. The van der Waals surface area contributed by atoms with Crippen LogP contribution in [0.25, 0.3) is 6.08 Å². The molecular formula is C18H23F2NO4. The maximum absolute atomic E-state index is 13.3. The molecule has 0 bridgehead atoms. The number of nitrogens with one attached hydrogen (secondary N) is 1. The Morgan fingerprint density at radius 1 is 0.920 bits per heavy atom. The van der Waals surface area contributed by atoms with Gasteiger partial charge in [0.25, 0.3) is 0 Å². The number of carbonyl (C=O) groups excluding carboxylic acids is 2. The molecule has 7 heteroatoms. The van der Waals surface area contributed by atoms with Gasteiger partial charge in [0.2, 0.25) is 0 Å². The van der Waals surface area contributed by atoms with Gasteiger partial charge in [0.1, 0.15) is 28.5 Å². The number of alkyl carbamates (subject to hydrolysis) is 1. The molecule has 25 heavy (non-hydrogen) atoms. The molecule has 0 unspecified atom stereocenters. The summed E-state index contributed by atoms with van der Waals surface area (Å²) in [5.74, 6) is -2.48. The Hall–Kier alpha value is -2.44. The third-order valence-corrected chi connectivity index (χ3v) is 2.45. The monoisotopic (exact) mass is 355 g/mol. The van der Waals surface area contributed by atoms with Gasteiger partial charge in [-0.2, -0.15) is 0 Å². The van der Waals surface area contributed by atoms with Crippen LogP contribution in [0.1, 0.15) is 47.1 Å². The number of carbonyl (C=O) groups is 2. The van der Waals surface area contributed by atoms with Crippen molar-refractivity contribution in [3.63, 3.8) is 0 Å². The Morgan fingerprint density at radius 2 is 1.40 bits per heavy atom. The third-order valence-electron chi connectivity index (χ3n) is 2.45. The molecule has 0 atom stereocenters. The molecule has 1 aromatic carbocycles. The van der Waals surface area contributed by atoms with Crippen LogP contribution in [0.3, 0.4) is 0 Å². The first-order chi connectivity index (χ1) is 11.2. The summed E-state index contributed by atoms with van der Waals surface area (Å²) < 4.78 is 37.0. The lowest BCUT2D eigenvalue weighted by Gasteiger charge is -2.23. The van der Waals surface area contributed by atoms with Crippen LogP contribution >= 0.6 is 0 Å². The Kier molecular flexibility index (Phi) is 6.29. The molecule has 0 saturated carbocycles. The lowest BCUT2D eigenvalue weighted by molar-refractivity contribution is -0.150. The SMILES string of the molecule is CC(C)(C)OC(=O)N/C(=C\c1cc(F)cc(F)c1)C(=O)OC(C)(C)C. The van der Waals surface area contributed by atoms with Gasteiger partial charge in [-0.15, -0.1) is 0 Å². The minimum Gasteiger partial charge on any atom is -0.455 e. The molecule has 0 radical (unpaired) electrons. The number of hydrogen-bond donors (Lipinski definition) is 1. The van der Waals surface area contributed by atoms with Crippen molar-refractivity contribution in [3.05, 3.63) is 41.1 Å². The number of halogens is 2. The summed E-state index contributed by atoms with van der Waals surface area (Å²) >= 11 is 0. The molecule has 5 nitrogen and oxygen atoms in total. The molecular weight excluding hydrogens is 332 g/mol. The van der Waals surface area contributed by atoms with E-state index in [1.807, 2.05) is 0 Å². The van der Waals surface area contributed by atoms with E-state index in [9.17, 15) is 18.4 Å². The first-order valence-corrected chi connectivity index (χ1v) is 7.66. The van der Waals surface area contributed by atoms with Gasteiger partial charge in [0.15, 0.2) is 0 Å². The fraction of sp³-hybridized carbons (Fsp3) is 0.444. The van der Waals surface area contributed by atoms with Gasteiger partial charge in [-0.1, -0.05) is 0 Å². The van der Waals surface area contributed by atoms with E-state index in [1.54, 1.807) is 41.5 Å². The van der Waals surface area contributed by atoms with Crippen molar-refractivity contribution in [1.29, 1.82) is 0 Å². The molecule has 0 aliphatic heterocycles. The molecule has 1 N–H and O–H groups in total. The Bertz CT molecular complexity index is 665. The Morgan fingerprint density at radius 3 is 1.84 bits per heavy atom. The number of rotatable bonds is 3. The minimum absolute atomic E-state index is 0.0504. The lowest BCUT2D eigenvalue weighted by atomic mass is 10.1. The van der Waals surface area contributed by atoms with E-state index in [4.69, 9.17) is 9.47 Å². The van der Waals surface area contributed by atoms with Crippen LogP contribution in [-0.4, -0.2) is 23.3 Å². The molecule has 0 aromatic heterocycles. The molecule has 0 aliphatic rings. The van der Waals surface area contributed by atoms with E-state index >= 15 is 0 Å². The predicted octanol–water partition coefficient (Wildman–Crippen LogP) is 4.17. The number of hydrogen-bond acceptors (Lipinski definition) is 4. The van der Waals surface area contributed by atoms with Crippen LogP contribution in [0.15, 0.2) is 23.9 Å². The zero-order valence-corrected chi connectivity index (χ0v) is 15.2. The molecule has 138 valence electrons. The summed E-state index contributed by atoms with van der Waals surface area (Å²) in [5.41, 5.74) is -1.85. The van der Waals surface area contributed by atoms with Crippen LogP contribution in [-0.2, 0) is 14.3 Å². The van der Waals surface area contributed by atoms with Gasteiger partial charge in [-0.05, 0) is 65.3 Å². The highest BCUT2D eigenvalue weighted by molar-refractivity contribution is 5.97. The summed E-state index contributed by atoms with van der Waals surface area (Å²) in [6, 6.07) is 2.74. The minimum atomic E-state index is -0.888. The number of ether oxygens (including phenoxy) is 2. The van der Waals surface area contributed by atoms with Crippen molar-refractivity contribution in [1.82, 2.24) is 5.32 Å². The van der Waals surface area contributed by atoms with Crippen molar-refractivity contribution in [2.24, 2.45) is 0 Å². The van der Waals surface area contributed by atoms with Gasteiger partial charge < -0.3 is 9.47 Å². The second-order valence-corrected chi connectivity index (χ2v) is 7.39. The fourth-order valence-electron chi connectivity index (χ4n) is 1.72. The maximum Gasteiger partial charge on any atom is 0.412 e. The highest BCUT2D eigenvalue weighted by atomic mass is 19.1. The second-order valence-electron chi connectivity index (χ2n) is 7.39. The molecule has 0 fully saturated rings. The average Bonchev–Trinajstić information content (AvgIpc) is 2.31. The van der Waals surface area contributed by atoms with Gasteiger partial charge in [0, 0.05) is 6.07 Å². The Balaban J connectivity index is 3.16. The predicted molar refractivity (Wildman–Crippen MR) is 89.5 cm³/mol. The standard InChI is InChI=1S/C18H23F2NO4/c1-17(2,3)24-15(22)14(21-16(23)25-18(4,5)6)9-11-7-12(19)10-13(20)8-11/h7-10H,1-6H3,(H,21,23)/b14-9-. The fourth-order valence-corrected chi connectivity index (χ4v) is 1.72. The van der Waals surface area contributed by atoms with Crippen molar-refractivity contribution in [2.75, 3.05) is 0 Å². The van der Waals surface area contributed by atoms with Crippen LogP contribution in [0.4, 0.5) is 13.6 Å². The average molecular weight is 355 g/mol. The second kappa shape index (κ2) is 7.63. The molecule has 0 saturated heterocycles. The van der Waals surface area contributed by atoms with Gasteiger partial charge in [-0.25, -0.2) is 18.4 Å². The largest absolute Gasteiger partial charge is 0.455 e. The highest BCUT2D eigenvalue weighted by Crippen LogP contribution is 2.16. The van der Waals surface area contributed by atoms with E-state index in [0.717, 1.165) is 18.2 Å². The number of esters is 1. The van der Waals surface area contributed by atoms with Gasteiger partial charge in [-0.3, -0.25) is 5.32 Å². The van der Waals surface area contributed by atoms with Crippen LogP contribution < -0.4 is 5.32 Å². The van der Waals surface area contributed by atoms with Gasteiger partial charge >= 0.3 is 12.1 Å². The van der Waals surface area contributed by atoms with Crippen molar-refractivity contribution in [2.45, 2.75) is 52.7 Å². The van der Waals surface area contributed by atoms with Crippen LogP contribution in [0.2, 0.25) is 0 Å². The lowest BCUT2D eigenvalue weighted by Crippen LogP contribution is -2.36. The van der Waals surface area contributed by atoms with E-state index in [-0.39, 0.29) is 11.3 Å². The molecule has 0 heterocycles. The van der Waals surface area contributed by atoms with Crippen molar-refractivity contribution >= 4 is 18.1 Å². The number of benzene rings is 1. The van der Waals surface area contributed by atoms with Gasteiger partial charge in [0.05, 0.1) is 0 Å². The summed E-state index contributed by atoms with van der Waals surface area (Å²) in [4.78, 5) is 24.2. The highest BCUT2D eigenvalue weighted by Gasteiger charge is 2.24. The van der Waals surface area contributed by atoms with E-state index < -0.39 is 34.9 Å². The van der Waals surface area contributed by atoms with Crippen molar-refractivity contribution in [3.8, 4) is 0 Å². The van der Waals surface area contributed by atoms with Crippen LogP contribution in [0.5, 0.6) is 0 Å². The first-order valence-electron chi connectivity index (χ1n) is 7.66. The topological polar surface area (TPSA) is 64.6 Å². The zero-order valence-electron chi connectivity index (χ0n) is 15.2. The third kappa shape index (κ3) is 8.28. The van der Waals surface area contributed by atoms with E-state index in [2.05, 4.69) is 5.32 Å². The smallest absolute Gasteiger partial charge is 0.412 e. The molecule has 0 aliphatic carbocycles. The number of amides is 1. The van der Waals surface area contributed by atoms with E-state index in [1.165, 1.54) is 0 Å². The Labute approximate surface area is 146 Å².